The summed E-state index contributed by atoms with van der Waals surface area (Å²) in [5.74, 6) is 0.338. The fourth-order valence-corrected chi connectivity index (χ4v) is 2.41. The van der Waals surface area contributed by atoms with Gasteiger partial charge in [-0.15, -0.1) is 0 Å². The average molecular weight is 287 g/mol. The number of hydrogen-bond acceptors (Lipinski definition) is 2. The minimum absolute atomic E-state index is 0.306. The van der Waals surface area contributed by atoms with Gasteiger partial charge < -0.3 is 5.32 Å². The normalized spacial score (nSPS) is 11.4. The Bertz CT molecular complexity index is 732. The van der Waals surface area contributed by atoms with Crippen LogP contribution in [-0.2, 0) is 13.1 Å². The maximum absolute atomic E-state index is 12.7. The molecular weight excluding hydrogens is 272 g/mol. The fourth-order valence-electron chi connectivity index (χ4n) is 2.41. The molecule has 0 bridgehead atoms. The van der Waals surface area contributed by atoms with Crippen molar-refractivity contribution in [3.05, 3.63) is 66.2 Å². The molecule has 5 heteroatoms. The predicted molar refractivity (Wildman–Crippen MR) is 78.0 cm³/mol. The van der Waals surface area contributed by atoms with E-state index in [1.165, 1.54) is 23.2 Å². The Balaban J connectivity index is 1.71. The molecule has 0 saturated carbocycles. The van der Waals surface area contributed by atoms with Gasteiger partial charge in [-0.05, 0) is 16.3 Å². The average Bonchev–Trinajstić information content (AvgIpc) is 2.96. The Labute approximate surface area is 121 Å². The molecule has 0 aliphatic rings. The Morgan fingerprint density at radius 3 is 2.71 bits per heavy atom. The number of benzene rings is 2. The van der Waals surface area contributed by atoms with E-state index >= 15 is 0 Å². The van der Waals surface area contributed by atoms with Crippen LogP contribution in [0.4, 0.5) is 8.78 Å². The second-order valence-electron chi connectivity index (χ2n) is 4.77. The Kier molecular flexibility index (Phi) is 3.92. The zero-order valence-corrected chi connectivity index (χ0v) is 11.3. The minimum atomic E-state index is -2.55. The number of aromatic nitrogens is 2. The minimum Gasteiger partial charge on any atom is -0.306 e. The molecule has 1 N–H and O–H groups in total. The summed E-state index contributed by atoms with van der Waals surface area (Å²) in [5, 5.41) is 5.52. The molecule has 3 aromatic rings. The number of imidazole rings is 1. The lowest BCUT2D eigenvalue weighted by molar-refractivity contribution is 0.0666. The highest BCUT2D eigenvalue weighted by atomic mass is 19.3. The molecule has 0 saturated heterocycles. The van der Waals surface area contributed by atoms with Crippen molar-refractivity contribution in [3.63, 3.8) is 0 Å². The van der Waals surface area contributed by atoms with Crippen molar-refractivity contribution in [1.29, 1.82) is 0 Å². The standard InChI is InChI=1S/C16H15F2N3/c17-16(18)21-9-8-20-15(21)11-19-10-13-6-3-5-12-4-1-2-7-14(12)13/h1-9,16,19H,10-11H2. The van der Waals surface area contributed by atoms with Crippen LogP contribution in [0.5, 0.6) is 0 Å². The number of alkyl halides is 2. The molecule has 108 valence electrons. The van der Waals surface area contributed by atoms with Crippen LogP contribution >= 0.6 is 0 Å². The van der Waals surface area contributed by atoms with E-state index in [9.17, 15) is 8.78 Å². The van der Waals surface area contributed by atoms with Gasteiger partial charge in [-0.2, -0.15) is 8.78 Å². The van der Waals surface area contributed by atoms with E-state index in [2.05, 4.69) is 28.5 Å². The third-order valence-corrected chi connectivity index (χ3v) is 3.44. The molecule has 1 aromatic heterocycles. The van der Waals surface area contributed by atoms with Gasteiger partial charge in [0.25, 0.3) is 0 Å². The predicted octanol–water partition coefficient (Wildman–Crippen LogP) is 3.72. The zero-order chi connectivity index (χ0) is 14.7. The molecule has 0 spiro atoms. The van der Waals surface area contributed by atoms with Gasteiger partial charge in [-0.3, -0.25) is 4.57 Å². The number of hydrogen-bond donors (Lipinski definition) is 1. The molecule has 3 nitrogen and oxygen atoms in total. The molecule has 0 unspecified atom stereocenters. The maximum atomic E-state index is 12.7. The Hall–Kier alpha value is -2.27. The molecule has 0 amide bonds. The first-order chi connectivity index (χ1) is 10.3. The molecule has 0 aliphatic carbocycles. The number of halogens is 2. The molecule has 1 heterocycles. The van der Waals surface area contributed by atoms with Gasteiger partial charge in [0.2, 0.25) is 0 Å². The van der Waals surface area contributed by atoms with E-state index in [0.717, 1.165) is 10.1 Å². The van der Waals surface area contributed by atoms with Crippen LogP contribution in [0.1, 0.15) is 17.9 Å². The maximum Gasteiger partial charge on any atom is 0.319 e. The van der Waals surface area contributed by atoms with E-state index < -0.39 is 6.55 Å². The van der Waals surface area contributed by atoms with Gasteiger partial charge in [-0.1, -0.05) is 42.5 Å². The lowest BCUT2D eigenvalue weighted by Gasteiger charge is -2.09. The van der Waals surface area contributed by atoms with Crippen molar-refractivity contribution >= 4 is 10.8 Å². The smallest absolute Gasteiger partial charge is 0.306 e. The number of nitrogens with one attached hydrogen (secondary N) is 1. The molecule has 2 aromatic carbocycles. The number of nitrogens with zero attached hydrogens (tertiary/aromatic N) is 2. The van der Waals surface area contributed by atoms with E-state index in [4.69, 9.17) is 0 Å². The molecule has 0 aliphatic heterocycles. The number of rotatable bonds is 5. The SMILES string of the molecule is FC(F)n1ccnc1CNCc1cccc2ccccc12. The summed E-state index contributed by atoms with van der Waals surface area (Å²) in [6, 6.07) is 14.2. The molecule has 3 rings (SSSR count). The van der Waals surface area contributed by atoms with Crippen molar-refractivity contribution in [1.82, 2.24) is 14.9 Å². The quantitative estimate of drug-likeness (QED) is 0.775. The van der Waals surface area contributed by atoms with Crippen molar-refractivity contribution in [3.8, 4) is 0 Å². The third kappa shape index (κ3) is 2.92. The van der Waals surface area contributed by atoms with Crippen LogP contribution in [0.25, 0.3) is 10.8 Å². The van der Waals surface area contributed by atoms with Crippen LogP contribution < -0.4 is 5.32 Å². The summed E-state index contributed by atoms with van der Waals surface area (Å²) in [6.07, 6.45) is 2.68. The second kappa shape index (κ2) is 6.01. The third-order valence-electron chi connectivity index (χ3n) is 3.44. The first kappa shape index (κ1) is 13.7. The summed E-state index contributed by atoms with van der Waals surface area (Å²) in [5.41, 5.74) is 1.14. The monoisotopic (exact) mass is 287 g/mol. The van der Waals surface area contributed by atoms with Gasteiger partial charge in [0, 0.05) is 18.9 Å². The lowest BCUT2D eigenvalue weighted by Crippen LogP contribution is -2.17. The van der Waals surface area contributed by atoms with Crippen LogP contribution in [0, 0.1) is 0 Å². The largest absolute Gasteiger partial charge is 0.319 e. The van der Waals surface area contributed by atoms with Gasteiger partial charge in [0.05, 0.1) is 6.54 Å². The van der Waals surface area contributed by atoms with E-state index in [-0.39, 0.29) is 0 Å². The summed E-state index contributed by atoms with van der Waals surface area (Å²) < 4.78 is 26.3. The van der Waals surface area contributed by atoms with Gasteiger partial charge in [-0.25, -0.2) is 4.98 Å². The van der Waals surface area contributed by atoms with Crippen molar-refractivity contribution in [2.75, 3.05) is 0 Å². The van der Waals surface area contributed by atoms with Crippen LogP contribution in [0.2, 0.25) is 0 Å². The molecule has 21 heavy (non-hydrogen) atoms. The van der Waals surface area contributed by atoms with Gasteiger partial charge in [0.15, 0.2) is 0 Å². The summed E-state index contributed by atoms with van der Waals surface area (Å²) in [7, 11) is 0. The lowest BCUT2D eigenvalue weighted by atomic mass is 10.0. The number of fused-ring (bicyclic) bond motifs is 1. The summed E-state index contributed by atoms with van der Waals surface area (Å²) in [4.78, 5) is 3.95. The highest BCUT2D eigenvalue weighted by molar-refractivity contribution is 5.85. The van der Waals surface area contributed by atoms with Crippen LogP contribution in [-0.4, -0.2) is 9.55 Å². The van der Waals surface area contributed by atoms with Gasteiger partial charge in [0.1, 0.15) is 5.82 Å². The molecule has 0 atom stereocenters. The molecular formula is C16H15F2N3. The first-order valence-corrected chi connectivity index (χ1v) is 6.73. The Morgan fingerprint density at radius 2 is 1.86 bits per heavy atom. The van der Waals surface area contributed by atoms with E-state index in [0.29, 0.717) is 18.9 Å². The second-order valence-corrected chi connectivity index (χ2v) is 4.77. The highest BCUT2D eigenvalue weighted by Crippen LogP contribution is 2.18. The van der Waals surface area contributed by atoms with E-state index in [1.54, 1.807) is 0 Å². The van der Waals surface area contributed by atoms with Crippen molar-refractivity contribution in [2.45, 2.75) is 19.6 Å². The van der Waals surface area contributed by atoms with Gasteiger partial charge >= 0.3 is 6.55 Å². The molecule has 0 fully saturated rings. The van der Waals surface area contributed by atoms with Crippen molar-refractivity contribution in [2.24, 2.45) is 0 Å². The van der Waals surface area contributed by atoms with Crippen LogP contribution in [0.3, 0.4) is 0 Å². The molecule has 0 radical (unpaired) electrons. The van der Waals surface area contributed by atoms with Crippen molar-refractivity contribution < 1.29 is 8.78 Å². The highest BCUT2D eigenvalue weighted by Gasteiger charge is 2.10. The first-order valence-electron chi connectivity index (χ1n) is 6.73. The van der Waals surface area contributed by atoms with Crippen LogP contribution in [0.15, 0.2) is 54.9 Å². The topological polar surface area (TPSA) is 29.9 Å². The fraction of sp³-hybridized carbons (Fsp3) is 0.188. The summed E-state index contributed by atoms with van der Waals surface area (Å²) in [6.45, 7) is -1.64. The summed E-state index contributed by atoms with van der Waals surface area (Å²) >= 11 is 0. The van der Waals surface area contributed by atoms with E-state index in [1.807, 2.05) is 24.3 Å². The zero-order valence-electron chi connectivity index (χ0n) is 11.3. The Morgan fingerprint density at radius 1 is 1.05 bits per heavy atom.